The fourth-order valence-corrected chi connectivity index (χ4v) is 3.78. The predicted molar refractivity (Wildman–Crippen MR) is 96.4 cm³/mol. The summed E-state index contributed by atoms with van der Waals surface area (Å²) in [5.74, 6) is -0.391. The van der Waals surface area contributed by atoms with E-state index in [4.69, 9.17) is 0 Å². The van der Waals surface area contributed by atoms with Crippen molar-refractivity contribution in [2.24, 2.45) is 7.05 Å². The normalized spacial score (nSPS) is 16.2. The first kappa shape index (κ1) is 15.6. The molecule has 2 aromatic heterocycles. The highest BCUT2D eigenvalue weighted by Crippen LogP contribution is 2.30. The third-order valence-corrected chi connectivity index (χ3v) is 5.08. The lowest BCUT2D eigenvalue weighted by molar-refractivity contribution is -0.116. The largest absolute Gasteiger partial charge is 0.343 e. The Morgan fingerprint density at radius 1 is 1.32 bits per heavy atom. The smallest absolute Gasteiger partial charge is 0.272 e. The number of benzene rings is 1. The number of carbonyl (C=O) groups is 2. The topological polar surface area (TPSA) is 76.0 Å². The minimum Gasteiger partial charge on any atom is -0.343 e. The number of para-hydroxylation sites is 1. The van der Waals surface area contributed by atoms with Gasteiger partial charge in [-0.2, -0.15) is 5.10 Å². The monoisotopic (exact) mass is 352 g/mol. The van der Waals surface area contributed by atoms with E-state index >= 15 is 0 Å². The second kappa shape index (κ2) is 6.18. The molecule has 0 bridgehead atoms. The number of hydrogen-bond donors (Lipinski definition) is 2. The van der Waals surface area contributed by atoms with Gasteiger partial charge < -0.3 is 10.6 Å². The zero-order chi connectivity index (χ0) is 17.4. The Bertz CT molecular complexity index is 946. The predicted octanol–water partition coefficient (Wildman–Crippen LogP) is 2.96. The van der Waals surface area contributed by atoms with Crippen LogP contribution in [0.5, 0.6) is 0 Å². The third kappa shape index (κ3) is 2.94. The molecule has 3 heterocycles. The Morgan fingerprint density at radius 3 is 2.96 bits per heavy atom. The summed E-state index contributed by atoms with van der Waals surface area (Å²) in [5.41, 5.74) is 2.88. The Labute approximate surface area is 148 Å². The molecule has 1 aliphatic heterocycles. The number of thiophene rings is 1. The van der Waals surface area contributed by atoms with Crippen LogP contribution in [0.2, 0.25) is 0 Å². The number of aromatic nitrogens is 2. The van der Waals surface area contributed by atoms with Crippen LogP contribution in [0.4, 0.5) is 5.69 Å². The van der Waals surface area contributed by atoms with Gasteiger partial charge in [0, 0.05) is 12.7 Å². The molecular weight excluding hydrogens is 336 g/mol. The molecule has 0 radical (unpaired) electrons. The van der Waals surface area contributed by atoms with E-state index in [9.17, 15) is 9.59 Å². The SMILES string of the molecule is Cn1nc(C(=O)NC2CC(=O)Nc3ccccc32)cc1-c1cccs1. The minimum absolute atomic E-state index is 0.107. The van der Waals surface area contributed by atoms with E-state index in [2.05, 4.69) is 15.7 Å². The zero-order valence-corrected chi connectivity index (χ0v) is 14.3. The summed E-state index contributed by atoms with van der Waals surface area (Å²) >= 11 is 1.60. The van der Waals surface area contributed by atoms with E-state index < -0.39 is 0 Å². The maximum atomic E-state index is 12.6. The first-order valence-electron chi connectivity index (χ1n) is 7.89. The first-order chi connectivity index (χ1) is 12.1. The van der Waals surface area contributed by atoms with E-state index in [0.717, 1.165) is 21.8 Å². The average Bonchev–Trinajstić information content (AvgIpc) is 3.24. The molecule has 0 saturated carbocycles. The van der Waals surface area contributed by atoms with Crippen LogP contribution in [0.25, 0.3) is 10.6 Å². The summed E-state index contributed by atoms with van der Waals surface area (Å²) in [6.07, 6.45) is 0.216. The molecule has 0 saturated heterocycles. The summed E-state index contributed by atoms with van der Waals surface area (Å²) in [4.78, 5) is 25.6. The second-order valence-electron chi connectivity index (χ2n) is 5.88. The van der Waals surface area contributed by atoms with Crippen LogP contribution in [0.15, 0.2) is 47.8 Å². The van der Waals surface area contributed by atoms with Gasteiger partial charge in [0.2, 0.25) is 5.91 Å². The number of anilines is 1. The van der Waals surface area contributed by atoms with E-state index in [1.54, 1.807) is 22.1 Å². The zero-order valence-electron chi connectivity index (χ0n) is 13.5. The molecule has 25 heavy (non-hydrogen) atoms. The van der Waals surface area contributed by atoms with E-state index in [1.165, 1.54) is 0 Å². The van der Waals surface area contributed by atoms with E-state index in [-0.39, 0.29) is 24.3 Å². The molecule has 3 aromatic rings. The summed E-state index contributed by atoms with van der Waals surface area (Å²) in [6.45, 7) is 0. The highest BCUT2D eigenvalue weighted by atomic mass is 32.1. The fraction of sp³-hybridized carbons (Fsp3) is 0.167. The summed E-state index contributed by atoms with van der Waals surface area (Å²) in [7, 11) is 1.81. The number of rotatable bonds is 3. The molecule has 2 N–H and O–H groups in total. The van der Waals surface area contributed by atoms with Crippen molar-refractivity contribution in [3.05, 3.63) is 59.1 Å². The number of nitrogens with zero attached hydrogens (tertiary/aromatic N) is 2. The van der Waals surface area contributed by atoms with Crippen molar-refractivity contribution in [1.82, 2.24) is 15.1 Å². The van der Waals surface area contributed by atoms with Gasteiger partial charge in [-0.15, -0.1) is 11.3 Å². The fourth-order valence-electron chi connectivity index (χ4n) is 3.01. The van der Waals surface area contributed by atoms with Crippen molar-refractivity contribution in [2.75, 3.05) is 5.32 Å². The molecule has 126 valence electrons. The van der Waals surface area contributed by atoms with Gasteiger partial charge in [-0.3, -0.25) is 14.3 Å². The number of nitrogens with one attached hydrogen (secondary N) is 2. The summed E-state index contributed by atoms with van der Waals surface area (Å²) in [5, 5.41) is 12.1. The summed E-state index contributed by atoms with van der Waals surface area (Å²) < 4.78 is 1.70. The average molecular weight is 352 g/mol. The minimum atomic E-state index is -0.357. The van der Waals surface area contributed by atoms with Gasteiger partial charge in [0.05, 0.1) is 23.0 Å². The standard InChI is InChI=1S/C18H16N4O2S/c1-22-15(16-7-4-8-25-16)9-14(21-22)18(24)20-13-10-17(23)19-12-6-3-2-5-11(12)13/h2-9,13H,10H2,1H3,(H,19,23)(H,20,24). The molecule has 2 amide bonds. The number of carbonyl (C=O) groups excluding carboxylic acids is 2. The van der Waals surface area contributed by atoms with E-state index in [0.29, 0.717) is 5.69 Å². The molecule has 4 rings (SSSR count). The van der Waals surface area contributed by atoms with Crippen LogP contribution in [0, 0.1) is 0 Å². The number of amides is 2. The molecule has 1 aromatic carbocycles. The Morgan fingerprint density at radius 2 is 2.16 bits per heavy atom. The molecule has 0 fully saturated rings. The molecule has 1 aliphatic rings. The second-order valence-corrected chi connectivity index (χ2v) is 6.83. The number of hydrogen-bond acceptors (Lipinski definition) is 4. The van der Waals surface area contributed by atoms with Crippen molar-refractivity contribution in [3.8, 4) is 10.6 Å². The number of fused-ring (bicyclic) bond motifs is 1. The molecule has 0 aliphatic carbocycles. The van der Waals surface area contributed by atoms with Crippen molar-refractivity contribution < 1.29 is 9.59 Å². The molecule has 7 heteroatoms. The van der Waals surface area contributed by atoms with Gasteiger partial charge in [-0.1, -0.05) is 24.3 Å². The maximum Gasteiger partial charge on any atom is 0.272 e. The quantitative estimate of drug-likeness (QED) is 0.761. The first-order valence-corrected chi connectivity index (χ1v) is 8.77. The lowest BCUT2D eigenvalue weighted by Gasteiger charge is -2.26. The maximum absolute atomic E-state index is 12.6. The highest BCUT2D eigenvalue weighted by Gasteiger charge is 2.27. The van der Waals surface area contributed by atoms with Gasteiger partial charge >= 0.3 is 0 Å². The van der Waals surface area contributed by atoms with Crippen LogP contribution in [0.3, 0.4) is 0 Å². The van der Waals surface area contributed by atoms with Gasteiger partial charge in [0.25, 0.3) is 5.91 Å². The van der Waals surface area contributed by atoms with Crippen molar-refractivity contribution in [2.45, 2.75) is 12.5 Å². The molecule has 6 nitrogen and oxygen atoms in total. The summed E-state index contributed by atoms with van der Waals surface area (Å²) in [6, 6.07) is 12.9. The lowest BCUT2D eigenvalue weighted by Crippen LogP contribution is -2.35. The number of aryl methyl sites for hydroxylation is 1. The van der Waals surface area contributed by atoms with Crippen LogP contribution < -0.4 is 10.6 Å². The highest BCUT2D eigenvalue weighted by molar-refractivity contribution is 7.13. The van der Waals surface area contributed by atoms with Crippen LogP contribution in [0.1, 0.15) is 28.5 Å². The van der Waals surface area contributed by atoms with Gasteiger partial charge in [0.1, 0.15) is 0 Å². The molecular formula is C18H16N4O2S. The Balaban J connectivity index is 1.59. The van der Waals surface area contributed by atoms with Gasteiger partial charge in [-0.05, 0) is 29.1 Å². The molecule has 0 spiro atoms. The van der Waals surface area contributed by atoms with Crippen molar-refractivity contribution in [1.29, 1.82) is 0 Å². The molecule has 1 unspecified atom stereocenters. The van der Waals surface area contributed by atoms with Crippen LogP contribution >= 0.6 is 11.3 Å². The lowest BCUT2D eigenvalue weighted by atomic mass is 9.97. The van der Waals surface area contributed by atoms with Crippen LogP contribution in [-0.4, -0.2) is 21.6 Å². The van der Waals surface area contributed by atoms with Gasteiger partial charge in [-0.25, -0.2) is 0 Å². The van der Waals surface area contributed by atoms with Crippen molar-refractivity contribution >= 4 is 28.8 Å². The third-order valence-electron chi connectivity index (χ3n) is 4.19. The Kier molecular flexibility index (Phi) is 3.85. The Hall–Kier alpha value is -2.93. The van der Waals surface area contributed by atoms with Crippen LogP contribution in [-0.2, 0) is 11.8 Å². The van der Waals surface area contributed by atoms with Gasteiger partial charge in [0.15, 0.2) is 5.69 Å². The molecule has 1 atom stereocenters. The van der Waals surface area contributed by atoms with Crippen molar-refractivity contribution in [3.63, 3.8) is 0 Å². The van der Waals surface area contributed by atoms with E-state index in [1.807, 2.05) is 48.8 Å².